The van der Waals surface area contributed by atoms with E-state index in [0.29, 0.717) is 50.3 Å². The number of carbonyl (C=O) groups excluding carboxylic acids is 2. The number of carbonyl (C=O) groups is 2. The third-order valence-electron chi connectivity index (χ3n) is 5.56. The van der Waals surface area contributed by atoms with Crippen molar-refractivity contribution in [3.63, 3.8) is 0 Å². The molecule has 5 rings (SSSR count). The van der Waals surface area contributed by atoms with Gasteiger partial charge in [0, 0.05) is 32.2 Å². The van der Waals surface area contributed by atoms with Crippen LogP contribution >= 0.6 is 11.3 Å². The van der Waals surface area contributed by atoms with Gasteiger partial charge in [0.15, 0.2) is 5.82 Å². The second-order valence-corrected chi connectivity index (χ2v) is 8.99. The molecule has 0 bridgehead atoms. The van der Waals surface area contributed by atoms with E-state index in [0.717, 1.165) is 17.7 Å². The second-order valence-electron chi connectivity index (χ2n) is 8.04. The summed E-state index contributed by atoms with van der Waals surface area (Å²) in [4.78, 5) is 34.3. The highest BCUT2D eigenvalue weighted by Crippen LogP contribution is 2.26. The summed E-state index contributed by atoms with van der Waals surface area (Å²) in [6.07, 6.45) is 2.13. The van der Waals surface area contributed by atoms with E-state index in [9.17, 15) is 14.0 Å². The molecule has 0 atom stereocenters. The summed E-state index contributed by atoms with van der Waals surface area (Å²) < 4.78 is 15.3. The van der Waals surface area contributed by atoms with Crippen LogP contribution < -0.4 is 5.32 Å². The van der Waals surface area contributed by atoms with Crippen LogP contribution in [0.4, 0.5) is 4.39 Å². The molecular weight excluding hydrogens is 431 g/mol. The van der Waals surface area contributed by atoms with E-state index in [1.54, 1.807) is 17.0 Å². The van der Waals surface area contributed by atoms with Gasteiger partial charge >= 0.3 is 0 Å². The van der Waals surface area contributed by atoms with Gasteiger partial charge in [-0.2, -0.15) is 0 Å². The van der Waals surface area contributed by atoms with Crippen molar-refractivity contribution >= 4 is 23.2 Å². The summed E-state index contributed by atoms with van der Waals surface area (Å²) in [6.45, 7) is 2.59. The van der Waals surface area contributed by atoms with Crippen molar-refractivity contribution in [3.8, 4) is 16.4 Å². The number of aromatic nitrogens is 3. The fraction of sp³-hybridized carbons (Fsp3) is 0.364. The molecule has 3 aromatic rings. The monoisotopic (exact) mass is 454 g/mol. The zero-order valence-electron chi connectivity index (χ0n) is 17.4. The number of hydrogen-bond donors (Lipinski definition) is 1. The summed E-state index contributed by atoms with van der Waals surface area (Å²) in [5, 5.41) is 9.35. The van der Waals surface area contributed by atoms with Gasteiger partial charge in [-0.05, 0) is 42.5 Å². The van der Waals surface area contributed by atoms with E-state index in [1.807, 2.05) is 17.5 Å². The van der Waals surface area contributed by atoms with Crippen LogP contribution in [0.3, 0.4) is 0 Å². The first-order valence-corrected chi connectivity index (χ1v) is 11.5. The van der Waals surface area contributed by atoms with E-state index in [2.05, 4.69) is 20.3 Å². The summed E-state index contributed by atoms with van der Waals surface area (Å²) >= 11 is 1.48. The molecule has 1 saturated carbocycles. The molecule has 8 nitrogen and oxygen atoms in total. The highest BCUT2D eigenvalue weighted by molar-refractivity contribution is 7.13. The first-order valence-electron chi connectivity index (χ1n) is 10.6. The lowest BCUT2D eigenvalue weighted by molar-refractivity contribution is -0.122. The zero-order valence-corrected chi connectivity index (χ0v) is 18.2. The lowest BCUT2D eigenvalue weighted by Gasteiger charge is -2.33. The van der Waals surface area contributed by atoms with Gasteiger partial charge in [-0.15, -0.1) is 16.4 Å². The highest BCUT2D eigenvalue weighted by Gasteiger charge is 2.29. The molecule has 1 aliphatic carbocycles. The van der Waals surface area contributed by atoms with Crippen molar-refractivity contribution in [2.75, 3.05) is 32.7 Å². The van der Waals surface area contributed by atoms with Crippen LogP contribution in [0, 0.1) is 5.82 Å². The van der Waals surface area contributed by atoms with Gasteiger partial charge in [0.25, 0.3) is 5.91 Å². The Morgan fingerprint density at radius 1 is 1.12 bits per heavy atom. The molecule has 0 unspecified atom stereocenters. The number of amides is 2. The first kappa shape index (κ1) is 20.8. The minimum absolute atomic E-state index is 0.0448. The Morgan fingerprint density at radius 2 is 1.94 bits per heavy atom. The average molecular weight is 455 g/mol. The highest BCUT2D eigenvalue weighted by atomic mass is 32.1. The molecule has 10 heteroatoms. The van der Waals surface area contributed by atoms with E-state index < -0.39 is 0 Å². The van der Waals surface area contributed by atoms with Gasteiger partial charge in [-0.25, -0.2) is 14.1 Å². The van der Waals surface area contributed by atoms with Crippen LogP contribution in [0.25, 0.3) is 16.4 Å². The standard InChI is InChI=1S/C22H23FN6O2S/c23-15-3-1-4-17(13-15)29-21(18-5-2-12-32-18)25-20(26-29)22(31)28-10-8-27(9-11-28)14-19(30)24-16-6-7-16/h1-5,12-13,16H,6-11,14H2,(H,24,30). The second kappa shape index (κ2) is 8.79. The third kappa shape index (κ3) is 4.56. The minimum atomic E-state index is -0.384. The van der Waals surface area contributed by atoms with Crippen LogP contribution in [-0.2, 0) is 4.79 Å². The number of hydrogen-bond acceptors (Lipinski definition) is 6. The molecule has 1 saturated heterocycles. The maximum atomic E-state index is 13.8. The topological polar surface area (TPSA) is 83.4 Å². The van der Waals surface area contributed by atoms with E-state index in [1.165, 1.54) is 28.2 Å². The van der Waals surface area contributed by atoms with Gasteiger partial charge < -0.3 is 10.2 Å². The lowest BCUT2D eigenvalue weighted by Crippen LogP contribution is -2.51. The van der Waals surface area contributed by atoms with E-state index in [-0.39, 0.29) is 23.5 Å². The number of benzene rings is 1. The van der Waals surface area contributed by atoms with Crippen molar-refractivity contribution in [1.82, 2.24) is 29.9 Å². The van der Waals surface area contributed by atoms with Crippen molar-refractivity contribution < 1.29 is 14.0 Å². The van der Waals surface area contributed by atoms with Crippen LogP contribution in [0.15, 0.2) is 41.8 Å². The van der Waals surface area contributed by atoms with Gasteiger partial charge in [0.1, 0.15) is 5.82 Å². The molecule has 3 heterocycles. The predicted molar refractivity (Wildman–Crippen MR) is 118 cm³/mol. The maximum absolute atomic E-state index is 13.8. The Hall–Kier alpha value is -3.11. The number of halogens is 1. The maximum Gasteiger partial charge on any atom is 0.293 e. The summed E-state index contributed by atoms with van der Waals surface area (Å²) in [6, 6.07) is 10.2. The van der Waals surface area contributed by atoms with Crippen LogP contribution in [0.1, 0.15) is 23.5 Å². The number of rotatable bonds is 6. The Kier molecular flexibility index (Phi) is 5.71. The summed E-state index contributed by atoms with van der Waals surface area (Å²) in [7, 11) is 0. The fourth-order valence-electron chi connectivity index (χ4n) is 3.71. The summed E-state index contributed by atoms with van der Waals surface area (Å²) in [5.41, 5.74) is 0.506. The van der Waals surface area contributed by atoms with Crippen molar-refractivity contribution in [2.24, 2.45) is 0 Å². The summed E-state index contributed by atoms with van der Waals surface area (Å²) in [5.74, 6) is -0.0184. The largest absolute Gasteiger partial charge is 0.352 e. The molecule has 1 N–H and O–H groups in total. The Morgan fingerprint density at radius 3 is 2.62 bits per heavy atom. The number of piperazine rings is 1. The SMILES string of the molecule is O=C(CN1CCN(C(=O)c2nc(-c3cccs3)n(-c3cccc(F)c3)n2)CC1)NC1CC1. The molecule has 2 fully saturated rings. The van der Waals surface area contributed by atoms with Gasteiger partial charge in [-0.3, -0.25) is 14.5 Å². The normalized spacial score (nSPS) is 16.8. The van der Waals surface area contributed by atoms with E-state index in [4.69, 9.17) is 0 Å². The minimum Gasteiger partial charge on any atom is -0.352 e. The van der Waals surface area contributed by atoms with Crippen LogP contribution in [-0.4, -0.2) is 75.1 Å². The van der Waals surface area contributed by atoms with Crippen LogP contribution in [0.2, 0.25) is 0 Å². The molecule has 2 aliphatic rings. The van der Waals surface area contributed by atoms with Gasteiger partial charge in [-0.1, -0.05) is 12.1 Å². The average Bonchev–Trinajstić information content (AvgIpc) is 3.26. The van der Waals surface area contributed by atoms with Crippen molar-refractivity contribution in [1.29, 1.82) is 0 Å². The molecule has 1 aliphatic heterocycles. The van der Waals surface area contributed by atoms with Gasteiger partial charge in [0.2, 0.25) is 11.7 Å². The zero-order chi connectivity index (χ0) is 22.1. The molecule has 0 spiro atoms. The molecule has 1 aromatic carbocycles. The molecule has 2 amide bonds. The predicted octanol–water partition coefficient (Wildman–Crippen LogP) is 2.17. The van der Waals surface area contributed by atoms with Crippen LogP contribution in [0.5, 0.6) is 0 Å². The van der Waals surface area contributed by atoms with Crippen molar-refractivity contribution in [2.45, 2.75) is 18.9 Å². The Balaban J connectivity index is 1.31. The number of nitrogens with zero attached hydrogens (tertiary/aromatic N) is 5. The Bertz CT molecular complexity index is 1120. The molecule has 2 aromatic heterocycles. The van der Waals surface area contributed by atoms with E-state index >= 15 is 0 Å². The molecule has 0 radical (unpaired) electrons. The smallest absolute Gasteiger partial charge is 0.293 e. The fourth-order valence-corrected chi connectivity index (χ4v) is 4.41. The lowest BCUT2D eigenvalue weighted by atomic mass is 10.3. The quantitative estimate of drug-likeness (QED) is 0.617. The number of thiophene rings is 1. The Labute approximate surface area is 188 Å². The molecular formula is C22H23FN6O2S. The first-order chi connectivity index (χ1) is 15.6. The third-order valence-corrected chi connectivity index (χ3v) is 6.43. The van der Waals surface area contributed by atoms with Crippen molar-refractivity contribution in [3.05, 3.63) is 53.4 Å². The molecule has 166 valence electrons. The molecule has 32 heavy (non-hydrogen) atoms. The number of nitrogens with one attached hydrogen (secondary N) is 1. The van der Waals surface area contributed by atoms with Gasteiger partial charge in [0.05, 0.1) is 17.1 Å².